The standard InChI is InChI=1S/C21H25N3O3S4/c1-14(2)11-24(15-7-10-31(26,27)13-15)18(25)12-30-21-22-19(16-5-3-8-28-16)20(23-21)17-6-4-9-29-17/h3-6,8-9,14-15H,7,10-13H2,1-2H3,(H,22,23). The van der Waals surface area contributed by atoms with Crippen molar-refractivity contribution in [2.45, 2.75) is 31.5 Å². The van der Waals surface area contributed by atoms with Crippen molar-refractivity contribution >= 4 is 50.2 Å². The topological polar surface area (TPSA) is 83.1 Å². The van der Waals surface area contributed by atoms with Crippen molar-refractivity contribution in [1.29, 1.82) is 0 Å². The fraction of sp³-hybridized carbons (Fsp3) is 0.429. The molecule has 4 heterocycles. The number of thiophene rings is 2. The van der Waals surface area contributed by atoms with Gasteiger partial charge in [0.05, 0.1) is 32.7 Å². The first-order chi connectivity index (χ1) is 14.8. The molecular weight excluding hydrogens is 471 g/mol. The Kier molecular flexibility index (Phi) is 6.90. The minimum Gasteiger partial charge on any atom is -0.338 e. The van der Waals surface area contributed by atoms with Crippen LogP contribution in [-0.4, -0.2) is 59.0 Å². The van der Waals surface area contributed by atoms with Crippen LogP contribution < -0.4 is 0 Å². The van der Waals surface area contributed by atoms with Gasteiger partial charge in [-0.3, -0.25) is 4.79 Å². The van der Waals surface area contributed by atoms with Crippen LogP contribution in [-0.2, 0) is 14.6 Å². The van der Waals surface area contributed by atoms with Crippen molar-refractivity contribution in [3.05, 3.63) is 35.0 Å². The van der Waals surface area contributed by atoms with E-state index in [0.29, 0.717) is 18.1 Å². The summed E-state index contributed by atoms with van der Waals surface area (Å²) in [6.07, 6.45) is 0.525. The smallest absolute Gasteiger partial charge is 0.233 e. The Labute approximate surface area is 195 Å². The first-order valence-corrected chi connectivity index (χ1v) is 14.7. The van der Waals surface area contributed by atoms with Crippen LogP contribution in [0.4, 0.5) is 0 Å². The molecule has 1 N–H and O–H groups in total. The Bertz CT molecular complexity index is 1070. The third-order valence-electron chi connectivity index (χ3n) is 5.07. The first-order valence-electron chi connectivity index (χ1n) is 10.1. The maximum atomic E-state index is 13.1. The fourth-order valence-corrected chi connectivity index (χ4v) is 7.63. The number of rotatable bonds is 8. The van der Waals surface area contributed by atoms with E-state index in [-0.39, 0.29) is 35.1 Å². The number of carbonyl (C=O) groups is 1. The van der Waals surface area contributed by atoms with Gasteiger partial charge in [0, 0.05) is 12.6 Å². The molecular formula is C21H25N3O3S4. The van der Waals surface area contributed by atoms with E-state index in [1.807, 2.05) is 42.8 Å². The summed E-state index contributed by atoms with van der Waals surface area (Å²) in [5.41, 5.74) is 1.86. The highest BCUT2D eigenvalue weighted by Gasteiger charge is 2.34. The quantitative estimate of drug-likeness (QED) is 0.461. The molecule has 3 aromatic rings. The van der Waals surface area contributed by atoms with Crippen LogP contribution >= 0.6 is 34.4 Å². The molecule has 1 atom stereocenters. The van der Waals surface area contributed by atoms with Gasteiger partial charge in [-0.15, -0.1) is 22.7 Å². The summed E-state index contributed by atoms with van der Waals surface area (Å²) in [5, 5.41) is 4.76. The second kappa shape index (κ2) is 9.48. The van der Waals surface area contributed by atoms with Crippen molar-refractivity contribution in [2.75, 3.05) is 23.8 Å². The van der Waals surface area contributed by atoms with E-state index in [9.17, 15) is 13.2 Å². The number of hydrogen-bond donors (Lipinski definition) is 1. The van der Waals surface area contributed by atoms with Gasteiger partial charge in [0.1, 0.15) is 5.69 Å². The van der Waals surface area contributed by atoms with Gasteiger partial charge in [-0.2, -0.15) is 0 Å². The van der Waals surface area contributed by atoms with Gasteiger partial charge in [-0.25, -0.2) is 13.4 Å². The average molecular weight is 496 g/mol. The normalized spacial score (nSPS) is 18.0. The Morgan fingerprint density at radius 1 is 1.26 bits per heavy atom. The molecule has 6 nitrogen and oxygen atoms in total. The van der Waals surface area contributed by atoms with Gasteiger partial charge in [-0.1, -0.05) is 37.7 Å². The molecule has 4 rings (SSSR count). The van der Waals surface area contributed by atoms with E-state index < -0.39 is 9.84 Å². The van der Waals surface area contributed by atoms with Crippen LogP contribution in [0, 0.1) is 5.92 Å². The lowest BCUT2D eigenvalue weighted by molar-refractivity contribution is -0.130. The fourth-order valence-electron chi connectivity index (χ4n) is 3.69. The molecule has 31 heavy (non-hydrogen) atoms. The molecule has 1 aliphatic heterocycles. The molecule has 1 aliphatic rings. The Morgan fingerprint density at radius 2 is 1.97 bits per heavy atom. The van der Waals surface area contributed by atoms with Crippen molar-refractivity contribution < 1.29 is 13.2 Å². The molecule has 0 saturated carbocycles. The van der Waals surface area contributed by atoms with E-state index in [4.69, 9.17) is 4.98 Å². The van der Waals surface area contributed by atoms with Crippen molar-refractivity contribution in [1.82, 2.24) is 14.9 Å². The molecule has 166 valence electrons. The third-order valence-corrected chi connectivity index (χ3v) is 9.44. The number of nitrogens with zero attached hydrogens (tertiary/aromatic N) is 2. The lowest BCUT2D eigenvalue weighted by Gasteiger charge is -2.29. The zero-order chi connectivity index (χ0) is 22.0. The van der Waals surface area contributed by atoms with Crippen LogP contribution in [0.5, 0.6) is 0 Å². The molecule has 10 heteroatoms. The molecule has 0 aromatic carbocycles. The second-order valence-electron chi connectivity index (χ2n) is 8.01. The maximum absolute atomic E-state index is 13.1. The summed E-state index contributed by atoms with van der Waals surface area (Å²) in [4.78, 5) is 25.2. The maximum Gasteiger partial charge on any atom is 0.233 e. The van der Waals surface area contributed by atoms with Gasteiger partial charge in [0.15, 0.2) is 15.0 Å². The third kappa shape index (κ3) is 5.42. The average Bonchev–Trinajstić information content (AvgIpc) is 3.50. The van der Waals surface area contributed by atoms with E-state index in [0.717, 1.165) is 21.1 Å². The van der Waals surface area contributed by atoms with E-state index in [1.165, 1.54) is 11.8 Å². The summed E-state index contributed by atoms with van der Waals surface area (Å²) in [6.45, 7) is 4.66. The zero-order valence-corrected chi connectivity index (χ0v) is 20.7. The Hall–Kier alpha value is -1.62. The summed E-state index contributed by atoms with van der Waals surface area (Å²) in [7, 11) is -3.05. The van der Waals surface area contributed by atoms with Gasteiger partial charge in [-0.05, 0) is 35.2 Å². The molecule has 1 saturated heterocycles. The van der Waals surface area contributed by atoms with Gasteiger partial charge in [0.25, 0.3) is 0 Å². The van der Waals surface area contributed by atoms with Crippen LogP contribution in [0.25, 0.3) is 21.1 Å². The molecule has 0 spiro atoms. The number of H-pyrrole nitrogens is 1. The minimum atomic E-state index is -3.05. The predicted octanol–water partition coefficient (Wildman–Crippen LogP) is 4.63. The van der Waals surface area contributed by atoms with E-state index in [2.05, 4.69) is 11.1 Å². The van der Waals surface area contributed by atoms with Crippen LogP contribution in [0.2, 0.25) is 0 Å². The van der Waals surface area contributed by atoms with Crippen molar-refractivity contribution in [3.8, 4) is 21.1 Å². The van der Waals surface area contributed by atoms with Crippen molar-refractivity contribution in [2.24, 2.45) is 5.92 Å². The molecule has 0 bridgehead atoms. The number of carbonyl (C=O) groups excluding carboxylic acids is 1. The number of nitrogens with one attached hydrogen (secondary N) is 1. The van der Waals surface area contributed by atoms with E-state index >= 15 is 0 Å². The number of sulfone groups is 1. The van der Waals surface area contributed by atoms with Gasteiger partial charge < -0.3 is 9.88 Å². The molecule has 3 aromatic heterocycles. The predicted molar refractivity (Wildman–Crippen MR) is 130 cm³/mol. The number of aromatic nitrogens is 2. The molecule has 0 radical (unpaired) electrons. The lowest BCUT2D eigenvalue weighted by Crippen LogP contribution is -2.44. The first kappa shape index (κ1) is 22.6. The second-order valence-corrected chi connectivity index (χ2v) is 13.1. The van der Waals surface area contributed by atoms with Crippen molar-refractivity contribution in [3.63, 3.8) is 0 Å². The van der Waals surface area contributed by atoms with Gasteiger partial charge in [0.2, 0.25) is 5.91 Å². The monoisotopic (exact) mass is 495 g/mol. The SMILES string of the molecule is CC(C)CN(C(=O)CSc1nc(-c2cccs2)c(-c2cccs2)[nH]1)C1CCS(=O)(=O)C1. The lowest BCUT2D eigenvalue weighted by atomic mass is 10.1. The number of thioether (sulfide) groups is 1. The Balaban J connectivity index is 1.51. The molecule has 1 amide bonds. The minimum absolute atomic E-state index is 0.0347. The highest BCUT2D eigenvalue weighted by Crippen LogP contribution is 2.37. The van der Waals surface area contributed by atoms with Gasteiger partial charge >= 0.3 is 0 Å². The number of aromatic amines is 1. The number of imidazole rings is 1. The van der Waals surface area contributed by atoms with Crippen LogP contribution in [0.15, 0.2) is 40.2 Å². The summed E-state index contributed by atoms with van der Waals surface area (Å²) in [5.74, 6) is 0.704. The number of hydrogen-bond acceptors (Lipinski definition) is 7. The highest BCUT2D eigenvalue weighted by atomic mass is 32.2. The molecule has 1 fully saturated rings. The van der Waals surface area contributed by atoms with Crippen LogP contribution in [0.3, 0.4) is 0 Å². The summed E-state index contributed by atoms with van der Waals surface area (Å²) < 4.78 is 23.9. The zero-order valence-electron chi connectivity index (χ0n) is 17.4. The molecule has 1 unspecified atom stereocenters. The Morgan fingerprint density at radius 3 is 2.55 bits per heavy atom. The largest absolute Gasteiger partial charge is 0.338 e. The number of amides is 1. The van der Waals surface area contributed by atoms with Crippen LogP contribution in [0.1, 0.15) is 20.3 Å². The highest BCUT2D eigenvalue weighted by molar-refractivity contribution is 7.99. The summed E-state index contributed by atoms with van der Waals surface area (Å²) in [6, 6.07) is 7.89. The van der Waals surface area contributed by atoms with E-state index in [1.54, 1.807) is 27.6 Å². The molecule has 0 aliphatic carbocycles. The summed E-state index contributed by atoms with van der Waals surface area (Å²) >= 11 is 4.65.